The minimum Gasteiger partial charge on any atom is -0.504 e. The monoisotopic (exact) mass is 315 g/mol. The SMILES string of the molecule is COc1cc2c(cc1O)CCCN1CC[C@@H]3C=C[C@H](OC)C[C@@]231. The van der Waals surface area contributed by atoms with Crippen LogP contribution in [0.3, 0.4) is 0 Å². The normalized spacial score (nSPS) is 32.8. The van der Waals surface area contributed by atoms with E-state index in [2.05, 4.69) is 23.1 Å². The van der Waals surface area contributed by atoms with Gasteiger partial charge in [0.05, 0.1) is 18.8 Å². The van der Waals surface area contributed by atoms with E-state index < -0.39 is 0 Å². The first-order valence-electron chi connectivity index (χ1n) is 8.55. The summed E-state index contributed by atoms with van der Waals surface area (Å²) < 4.78 is 11.1. The summed E-state index contributed by atoms with van der Waals surface area (Å²) in [5.74, 6) is 1.34. The smallest absolute Gasteiger partial charge is 0.160 e. The van der Waals surface area contributed by atoms with Gasteiger partial charge in [-0.1, -0.05) is 12.2 Å². The van der Waals surface area contributed by atoms with Crippen LogP contribution in [-0.2, 0) is 16.7 Å². The second-order valence-corrected chi connectivity index (χ2v) is 6.95. The quantitative estimate of drug-likeness (QED) is 0.852. The van der Waals surface area contributed by atoms with Crippen molar-refractivity contribution in [2.45, 2.75) is 37.3 Å². The molecule has 1 fully saturated rings. The summed E-state index contributed by atoms with van der Waals surface area (Å²) >= 11 is 0. The third-order valence-electron chi connectivity index (χ3n) is 6.01. The summed E-state index contributed by atoms with van der Waals surface area (Å²) in [7, 11) is 3.42. The molecular weight excluding hydrogens is 290 g/mol. The average Bonchev–Trinajstić information content (AvgIpc) is 2.87. The Labute approximate surface area is 137 Å². The Morgan fingerprint density at radius 1 is 1.22 bits per heavy atom. The fourth-order valence-electron chi connectivity index (χ4n) is 4.94. The highest BCUT2D eigenvalue weighted by Crippen LogP contribution is 2.53. The van der Waals surface area contributed by atoms with E-state index in [0.717, 1.165) is 32.4 Å². The molecular formula is C19H25NO3. The Morgan fingerprint density at radius 3 is 2.87 bits per heavy atom. The molecule has 1 N–H and O–H groups in total. The Morgan fingerprint density at radius 2 is 2.09 bits per heavy atom. The van der Waals surface area contributed by atoms with Gasteiger partial charge in [0.15, 0.2) is 11.5 Å². The maximum Gasteiger partial charge on any atom is 0.160 e. The zero-order chi connectivity index (χ0) is 16.0. The van der Waals surface area contributed by atoms with Crippen LogP contribution in [0, 0.1) is 5.92 Å². The van der Waals surface area contributed by atoms with Crippen molar-refractivity contribution in [3.8, 4) is 11.5 Å². The van der Waals surface area contributed by atoms with E-state index >= 15 is 0 Å². The van der Waals surface area contributed by atoms with Crippen LogP contribution < -0.4 is 4.74 Å². The third-order valence-corrected chi connectivity index (χ3v) is 6.01. The zero-order valence-corrected chi connectivity index (χ0v) is 13.9. The van der Waals surface area contributed by atoms with E-state index in [0.29, 0.717) is 11.7 Å². The largest absolute Gasteiger partial charge is 0.504 e. The lowest BCUT2D eigenvalue weighted by Gasteiger charge is -2.45. The number of ether oxygens (including phenoxy) is 2. The van der Waals surface area contributed by atoms with E-state index in [9.17, 15) is 5.11 Å². The lowest BCUT2D eigenvalue weighted by Crippen LogP contribution is -2.48. The topological polar surface area (TPSA) is 41.9 Å². The van der Waals surface area contributed by atoms with Crippen LogP contribution in [-0.4, -0.2) is 43.4 Å². The maximum atomic E-state index is 10.2. The second-order valence-electron chi connectivity index (χ2n) is 6.95. The first kappa shape index (κ1) is 15.0. The van der Waals surface area contributed by atoms with Gasteiger partial charge in [0.25, 0.3) is 0 Å². The van der Waals surface area contributed by atoms with Crippen molar-refractivity contribution < 1.29 is 14.6 Å². The number of phenolic OH excluding ortho intramolecular Hbond substituents is 1. The van der Waals surface area contributed by atoms with Gasteiger partial charge < -0.3 is 14.6 Å². The number of aromatic hydroxyl groups is 1. The van der Waals surface area contributed by atoms with Crippen molar-refractivity contribution in [1.29, 1.82) is 0 Å². The van der Waals surface area contributed by atoms with Crippen LogP contribution in [0.1, 0.15) is 30.4 Å². The highest BCUT2D eigenvalue weighted by atomic mass is 16.5. The van der Waals surface area contributed by atoms with Gasteiger partial charge in [-0.2, -0.15) is 0 Å². The van der Waals surface area contributed by atoms with Crippen LogP contribution in [0.15, 0.2) is 24.3 Å². The molecule has 3 atom stereocenters. The predicted molar refractivity (Wildman–Crippen MR) is 88.9 cm³/mol. The Hall–Kier alpha value is -1.52. The predicted octanol–water partition coefficient (Wildman–Crippen LogP) is 2.84. The molecule has 4 rings (SSSR count). The summed E-state index contributed by atoms with van der Waals surface area (Å²) in [6, 6.07) is 4.00. The highest BCUT2D eigenvalue weighted by Gasteiger charge is 2.53. The molecule has 1 spiro atoms. The molecule has 0 aromatic heterocycles. The average molecular weight is 315 g/mol. The molecule has 0 amide bonds. The minimum atomic E-state index is -0.0117. The molecule has 0 unspecified atom stereocenters. The van der Waals surface area contributed by atoms with Crippen LogP contribution in [0.5, 0.6) is 11.5 Å². The molecule has 1 saturated heterocycles. The maximum absolute atomic E-state index is 10.2. The molecule has 0 bridgehead atoms. The van der Waals surface area contributed by atoms with Crippen molar-refractivity contribution in [2.75, 3.05) is 27.3 Å². The molecule has 3 aliphatic rings. The van der Waals surface area contributed by atoms with Crippen LogP contribution in [0.4, 0.5) is 0 Å². The van der Waals surface area contributed by atoms with E-state index in [-0.39, 0.29) is 17.4 Å². The lowest BCUT2D eigenvalue weighted by molar-refractivity contribution is 0.0286. The lowest BCUT2D eigenvalue weighted by atomic mass is 9.70. The number of nitrogens with zero attached hydrogens (tertiary/aromatic N) is 1. The molecule has 23 heavy (non-hydrogen) atoms. The number of phenols is 1. The van der Waals surface area contributed by atoms with Crippen molar-refractivity contribution in [3.63, 3.8) is 0 Å². The number of benzene rings is 1. The van der Waals surface area contributed by atoms with E-state index in [4.69, 9.17) is 9.47 Å². The molecule has 1 aromatic carbocycles. The van der Waals surface area contributed by atoms with Crippen molar-refractivity contribution in [1.82, 2.24) is 4.90 Å². The van der Waals surface area contributed by atoms with Crippen LogP contribution >= 0.6 is 0 Å². The second kappa shape index (κ2) is 5.53. The summed E-state index contributed by atoms with van der Waals surface area (Å²) in [5.41, 5.74) is 2.59. The van der Waals surface area contributed by atoms with Gasteiger partial charge in [0.1, 0.15) is 0 Å². The fraction of sp³-hybridized carbons (Fsp3) is 0.579. The van der Waals surface area contributed by atoms with Crippen molar-refractivity contribution in [3.05, 3.63) is 35.4 Å². The van der Waals surface area contributed by atoms with Crippen molar-refractivity contribution in [2.24, 2.45) is 5.92 Å². The Balaban J connectivity index is 1.92. The fourth-order valence-corrected chi connectivity index (χ4v) is 4.94. The van der Waals surface area contributed by atoms with Gasteiger partial charge in [-0.3, -0.25) is 4.90 Å². The van der Waals surface area contributed by atoms with Gasteiger partial charge in [0.2, 0.25) is 0 Å². The molecule has 124 valence electrons. The molecule has 2 aliphatic heterocycles. The molecule has 0 saturated carbocycles. The summed E-state index contributed by atoms with van der Waals surface area (Å²) in [6.45, 7) is 2.24. The molecule has 4 heteroatoms. The van der Waals surface area contributed by atoms with E-state index in [1.807, 2.05) is 6.07 Å². The highest BCUT2D eigenvalue weighted by molar-refractivity contribution is 5.51. The Kier molecular flexibility index (Phi) is 3.62. The first-order valence-corrected chi connectivity index (χ1v) is 8.55. The number of methoxy groups -OCH3 is 2. The summed E-state index contributed by atoms with van der Waals surface area (Å²) in [5, 5.41) is 10.2. The summed E-state index contributed by atoms with van der Waals surface area (Å²) in [6.07, 6.45) is 9.04. The van der Waals surface area contributed by atoms with Gasteiger partial charge in [-0.15, -0.1) is 0 Å². The third kappa shape index (κ3) is 2.12. The van der Waals surface area contributed by atoms with E-state index in [1.165, 1.54) is 17.5 Å². The van der Waals surface area contributed by atoms with Gasteiger partial charge in [-0.05, 0) is 55.6 Å². The first-order chi connectivity index (χ1) is 11.2. The number of aryl methyl sites for hydroxylation is 1. The standard InChI is InChI=1S/C19H25NO3/c1-22-15-6-5-14-7-9-20-8-3-4-13-10-17(21)18(23-2)11-16(13)19(14,20)12-15/h5-6,10-11,14-15,21H,3-4,7-9,12H2,1-2H3/t14-,15-,19-/m0/s1. The van der Waals surface area contributed by atoms with Crippen LogP contribution in [0.25, 0.3) is 0 Å². The molecule has 4 nitrogen and oxygen atoms in total. The number of hydrogen-bond donors (Lipinski definition) is 1. The molecule has 1 aromatic rings. The van der Waals surface area contributed by atoms with Gasteiger partial charge in [0, 0.05) is 19.4 Å². The number of fused-ring (bicyclic) bond motifs is 1. The molecule has 1 aliphatic carbocycles. The number of hydrogen-bond acceptors (Lipinski definition) is 4. The van der Waals surface area contributed by atoms with Crippen LogP contribution in [0.2, 0.25) is 0 Å². The zero-order valence-electron chi connectivity index (χ0n) is 13.9. The van der Waals surface area contributed by atoms with Gasteiger partial charge in [-0.25, -0.2) is 0 Å². The molecule has 0 radical (unpaired) electrons. The van der Waals surface area contributed by atoms with Gasteiger partial charge >= 0.3 is 0 Å². The minimum absolute atomic E-state index is 0.0117. The molecule has 2 heterocycles. The van der Waals surface area contributed by atoms with E-state index in [1.54, 1.807) is 14.2 Å². The summed E-state index contributed by atoms with van der Waals surface area (Å²) in [4.78, 5) is 2.65. The van der Waals surface area contributed by atoms with Crippen molar-refractivity contribution >= 4 is 0 Å². The Bertz CT molecular complexity index is 642. The number of rotatable bonds is 2.